The van der Waals surface area contributed by atoms with Crippen LogP contribution in [0, 0.1) is 10.1 Å². The highest BCUT2D eigenvalue weighted by atomic mass is 19.4. The smallest absolute Gasteiger partial charge is 0.394 e. The minimum atomic E-state index is -4.82. The third kappa shape index (κ3) is 3.08. The van der Waals surface area contributed by atoms with Crippen LogP contribution in [0.4, 0.5) is 24.5 Å². The summed E-state index contributed by atoms with van der Waals surface area (Å²) in [6.45, 7) is 1.59. The minimum Gasteiger partial charge on any atom is -0.394 e. The second-order valence-electron chi connectivity index (χ2n) is 4.65. The summed E-state index contributed by atoms with van der Waals surface area (Å²) in [7, 11) is 0. The number of nitrogens with zero attached hydrogens (tertiary/aromatic N) is 2. The first-order valence-electron chi connectivity index (χ1n) is 6.12. The Labute approximate surface area is 117 Å². The van der Waals surface area contributed by atoms with Gasteiger partial charge in [0.25, 0.3) is 5.69 Å². The first-order valence-corrected chi connectivity index (χ1v) is 6.12. The molecule has 1 aliphatic heterocycles. The Bertz CT molecular complexity index is 550. The number of alkyl halides is 3. The molecule has 1 aromatic carbocycles. The summed E-state index contributed by atoms with van der Waals surface area (Å²) in [6.07, 6.45) is -5.84. The number of nitro groups is 1. The van der Waals surface area contributed by atoms with Crippen molar-refractivity contribution in [1.82, 2.24) is 0 Å². The van der Waals surface area contributed by atoms with E-state index in [1.54, 1.807) is 6.92 Å². The van der Waals surface area contributed by atoms with Gasteiger partial charge < -0.3 is 14.7 Å². The Kier molecular flexibility index (Phi) is 4.06. The van der Waals surface area contributed by atoms with Crippen molar-refractivity contribution in [3.8, 4) is 0 Å². The van der Waals surface area contributed by atoms with E-state index in [1.165, 1.54) is 11.0 Å². The van der Waals surface area contributed by atoms with Gasteiger partial charge >= 0.3 is 6.18 Å². The number of aliphatic hydroxyl groups is 1. The van der Waals surface area contributed by atoms with Gasteiger partial charge in [-0.3, -0.25) is 10.1 Å². The lowest BCUT2D eigenvalue weighted by Gasteiger charge is -2.22. The molecule has 116 valence electrons. The van der Waals surface area contributed by atoms with Gasteiger partial charge in [0.2, 0.25) is 0 Å². The summed E-state index contributed by atoms with van der Waals surface area (Å²) in [5.41, 5.74) is -2.13. The predicted octanol–water partition coefficient (Wildman–Crippen LogP) is 2.16. The van der Waals surface area contributed by atoms with E-state index in [0.717, 1.165) is 12.1 Å². The van der Waals surface area contributed by atoms with Crippen LogP contribution in [0.1, 0.15) is 12.5 Å². The van der Waals surface area contributed by atoms with Crippen LogP contribution in [0.3, 0.4) is 0 Å². The molecule has 1 fully saturated rings. The Morgan fingerprint density at radius 3 is 2.67 bits per heavy atom. The molecule has 0 spiro atoms. The van der Waals surface area contributed by atoms with Crippen LogP contribution in [0.5, 0.6) is 0 Å². The van der Waals surface area contributed by atoms with Gasteiger partial charge in [-0.2, -0.15) is 13.2 Å². The summed E-state index contributed by atoms with van der Waals surface area (Å²) in [4.78, 5) is 11.1. The molecule has 9 heteroatoms. The largest absolute Gasteiger partial charge is 0.423 e. The molecule has 21 heavy (non-hydrogen) atoms. The van der Waals surface area contributed by atoms with Crippen LogP contribution in [-0.4, -0.2) is 35.5 Å². The minimum absolute atomic E-state index is 0.163. The van der Waals surface area contributed by atoms with Crippen molar-refractivity contribution in [2.24, 2.45) is 0 Å². The zero-order valence-corrected chi connectivity index (χ0v) is 11.0. The summed E-state index contributed by atoms with van der Waals surface area (Å²) in [6, 6.07) is 2.81. The van der Waals surface area contributed by atoms with Crippen molar-refractivity contribution in [2.75, 3.05) is 18.1 Å². The van der Waals surface area contributed by atoms with E-state index in [4.69, 9.17) is 9.84 Å². The molecule has 0 radical (unpaired) electrons. The van der Waals surface area contributed by atoms with E-state index in [-0.39, 0.29) is 18.8 Å². The lowest BCUT2D eigenvalue weighted by molar-refractivity contribution is -0.388. The molecule has 2 rings (SSSR count). The van der Waals surface area contributed by atoms with Crippen LogP contribution in [0.25, 0.3) is 0 Å². The molecule has 6 nitrogen and oxygen atoms in total. The van der Waals surface area contributed by atoms with Crippen LogP contribution in [0.15, 0.2) is 18.2 Å². The highest BCUT2D eigenvalue weighted by Gasteiger charge is 2.39. The molecule has 0 bridgehead atoms. The number of rotatable bonds is 3. The average Bonchev–Trinajstić information content (AvgIpc) is 2.78. The third-order valence-corrected chi connectivity index (χ3v) is 3.25. The SMILES string of the molecule is C[C@@H]1O[C@H](CO)CN1c1ccc([N+](=O)[O-])c(C(F)(F)F)c1. The summed E-state index contributed by atoms with van der Waals surface area (Å²) < 4.78 is 44.1. The van der Waals surface area contributed by atoms with Gasteiger partial charge in [0, 0.05) is 18.3 Å². The number of benzene rings is 1. The van der Waals surface area contributed by atoms with Crippen LogP contribution >= 0.6 is 0 Å². The monoisotopic (exact) mass is 306 g/mol. The molecule has 1 saturated heterocycles. The van der Waals surface area contributed by atoms with Gasteiger partial charge in [0.1, 0.15) is 17.9 Å². The molecular formula is C12H13F3N2O4. The number of anilines is 1. The molecular weight excluding hydrogens is 293 g/mol. The van der Waals surface area contributed by atoms with Crippen LogP contribution in [-0.2, 0) is 10.9 Å². The molecule has 2 atom stereocenters. The standard InChI is InChI=1S/C12H13F3N2O4/c1-7-16(5-9(6-18)21-7)8-2-3-11(17(19)20)10(4-8)12(13,14)15/h2-4,7,9,18H,5-6H2,1H3/t7-,9-/m0/s1. The van der Waals surface area contributed by atoms with E-state index in [0.29, 0.717) is 0 Å². The van der Waals surface area contributed by atoms with Gasteiger partial charge in [-0.1, -0.05) is 0 Å². The maximum absolute atomic E-state index is 12.9. The summed E-state index contributed by atoms with van der Waals surface area (Å²) in [5.74, 6) is 0. The van der Waals surface area contributed by atoms with E-state index >= 15 is 0 Å². The van der Waals surface area contributed by atoms with E-state index in [9.17, 15) is 23.3 Å². The van der Waals surface area contributed by atoms with Gasteiger partial charge in [0.05, 0.1) is 11.5 Å². The number of hydrogen-bond acceptors (Lipinski definition) is 5. The topological polar surface area (TPSA) is 75.8 Å². The van der Waals surface area contributed by atoms with Gasteiger partial charge in [-0.05, 0) is 19.1 Å². The van der Waals surface area contributed by atoms with Gasteiger partial charge in [0.15, 0.2) is 0 Å². The van der Waals surface area contributed by atoms with Crippen molar-refractivity contribution in [3.63, 3.8) is 0 Å². The quantitative estimate of drug-likeness (QED) is 0.684. The number of nitro benzene ring substituents is 1. The Morgan fingerprint density at radius 2 is 2.19 bits per heavy atom. The third-order valence-electron chi connectivity index (χ3n) is 3.25. The maximum atomic E-state index is 12.9. The first kappa shape index (κ1) is 15.5. The fraction of sp³-hybridized carbons (Fsp3) is 0.500. The summed E-state index contributed by atoms with van der Waals surface area (Å²) >= 11 is 0. The molecule has 1 aromatic rings. The number of halogens is 3. The molecule has 0 unspecified atom stereocenters. The second kappa shape index (κ2) is 5.49. The van der Waals surface area contributed by atoms with Crippen molar-refractivity contribution in [1.29, 1.82) is 0 Å². The van der Waals surface area contributed by atoms with Crippen LogP contribution in [0.2, 0.25) is 0 Å². The lowest BCUT2D eigenvalue weighted by atomic mass is 10.1. The number of hydrogen-bond donors (Lipinski definition) is 1. The molecule has 0 aromatic heterocycles. The number of ether oxygens (including phenoxy) is 1. The van der Waals surface area contributed by atoms with Gasteiger partial charge in [-0.15, -0.1) is 0 Å². The predicted molar refractivity (Wildman–Crippen MR) is 66.9 cm³/mol. The molecule has 1 aliphatic rings. The highest BCUT2D eigenvalue weighted by Crippen LogP contribution is 2.39. The fourth-order valence-corrected chi connectivity index (χ4v) is 2.27. The van der Waals surface area contributed by atoms with Crippen molar-refractivity contribution in [3.05, 3.63) is 33.9 Å². The van der Waals surface area contributed by atoms with Crippen molar-refractivity contribution in [2.45, 2.75) is 25.4 Å². The lowest BCUT2D eigenvalue weighted by Crippen LogP contribution is -2.28. The average molecular weight is 306 g/mol. The second-order valence-corrected chi connectivity index (χ2v) is 4.65. The number of aliphatic hydroxyl groups excluding tert-OH is 1. The van der Waals surface area contributed by atoms with E-state index in [2.05, 4.69) is 0 Å². The summed E-state index contributed by atoms with van der Waals surface area (Å²) in [5, 5.41) is 19.7. The first-order chi connectivity index (χ1) is 9.74. The zero-order chi connectivity index (χ0) is 15.8. The Balaban J connectivity index is 2.41. The molecule has 0 amide bonds. The molecule has 1 heterocycles. The van der Waals surface area contributed by atoms with Crippen molar-refractivity contribution >= 4 is 11.4 Å². The Morgan fingerprint density at radius 1 is 1.52 bits per heavy atom. The van der Waals surface area contributed by atoms with E-state index in [1.807, 2.05) is 0 Å². The highest BCUT2D eigenvalue weighted by molar-refractivity contribution is 5.57. The molecule has 1 N–H and O–H groups in total. The Hall–Kier alpha value is -1.87. The van der Waals surface area contributed by atoms with Gasteiger partial charge in [-0.25, -0.2) is 0 Å². The molecule has 0 saturated carbocycles. The molecule has 0 aliphatic carbocycles. The zero-order valence-electron chi connectivity index (χ0n) is 11.0. The normalized spacial score (nSPS) is 22.6. The maximum Gasteiger partial charge on any atom is 0.423 e. The van der Waals surface area contributed by atoms with Crippen LogP contribution < -0.4 is 4.90 Å². The van der Waals surface area contributed by atoms with E-state index < -0.39 is 34.7 Å². The van der Waals surface area contributed by atoms with Crippen molar-refractivity contribution < 1.29 is 27.9 Å². The fourth-order valence-electron chi connectivity index (χ4n) is 2.27.